The first kappa shape index (κ1) is 12.4. The normalized spacial score (nSPS) is 10.3. The molecule has 0 amide bonds. The highest BCUT2D eigenvalue weighted by molar-refractivity contribution is 6.01. The highest BCUT2D eigenvalue weighted by Gasteiger charge is 2.16. The molecule has 16 heavy (non-hydrogen) atoms. The smallest absolute Gasteiger partial charge is 0.170 e. The summed E-state index contributed by atoms with van der Waals surface area (Å²) in [7, 11) is 0. The van der Waals surface area contributed by atoms with Gasteiger partial charge < -0.3 is 15.3 Å². The lowest BCUT2D eigenvalue weighted by Crippen LogP contribution is -2.00. The number of phenolic OH excluding ortho intramolecular Hbond substituents is 3. The molecule has 0 spiro atoms. The van der Waals surface area contributed by atoms with Crippen LogP contribution in [-0.4, -0.2) is 21.1 Å². The van der Waals surface area contributed by atoms with E-state index in [0.29, 0.717) is 6.42 Å². The molecule has 0 aromatic heterocycles. The molecule has 4 heteroatoms. The van der Waals surface area contributed by atoms with Crippen LogP contribution in [0.5, 0.6) is 17.2 Å². The maximum atomic E-state index is 11.7. The second kappa shape index (κ2) is 5.39. The summed E-state index contributed by atoms with van der Waals surface area (Å²) < 4.78 is 0. The molecular weight excluding hydrogens is 208 g/mol. The van der Waals surface area contributed by atoms with Crippen molar-refractivity contribution in [3.63, 3.8) is 0 Å². The Morgan fingerprint density at radius 2 is 1.69 bits per heavy atom. The molecule has 0 saturated carbocycles. The molecule has 1 rings (SSSR count). The Morgan fingerprint density at radius 1 is 1.12 bits per heavy atom. The van der Waals surface area contributed by atoms with E-state index in [1.54, 1.807) is 0 Å². The van der Waals surface area contributed by atoms with Crippen LogP contribution in [0, 0.1) is 0 Å². The van der Waals surface area contributed by atoms with Gasteiger partial charge in [0.2, 0.25) is 0 Å². The van der Waals surface area contributed by atoms with E-state index in [1.165, 1.54) is 0 Å². The first-order chi connectivity index (χ1) is 7.56. The Bertz CT molecular complexity index is 362. The zero-order valence-electron chi connectivity index (χ0n) is 9.23. The van der Waals surface area contributed by atoms with Crippen molar-refractivity contribution in [2.45, 2.75) is 32.6 Å². The summed E-state index contributed by atoms with van der Waals surface area (Å²) >= 11 is 0. The largest absolute Gasteiger partial charge is 0.508 e. The standard InChI is InChI=1S/C12H16O4/c1-2-3-4-5-9(14)12-10(15)6-8(13)7-11(12)16/h6-7,13,15-16H,2-5H2,1H3. The minimum atomic E-state index is -0.376. The fraction of sp³-hybridized carbons (Fsp3) is 0.417. The number of unbranched alkanes of at least 4 members (excludes halogenated alkanes) is 2. The van der Waals surface area contributed by atoms with Crippen LogP contribution < -0.4 is 0 Å². The summed E-state index contributed by atoms with van der Waals surface area (Å²) in [5, 5.41) is 28.0. The van der Waals surface area contributed by atoms with E-state index in [0.717, 1.165) is 31.4 Å². The van der Waals surface area contributed by atoms with Crippen molar-refractivity contribution in [1.82, 2.24) is 0 Å². The van der Waals surface area contributed by atoms with Crippen LogP contribution in [0.25, 0.3) is 0 Å². The molecule has 1 aromatic carbocycles. The third-order valence-electron chi connectivity index (χ3n) is 2.37. The van der Waals surface area contributed by atoms with Gasteiger partial charge in [-0.05, 0) is 6.42 Å². The van der Waals surface area contributed by atoms with Crippen molar-refractivity contribution in [2.75, 3.05) is 0 Å². The second-order valence-corrected chi connectivity index (χ2v) is 3.74. The zero-order valence-corrected chi connectivity index (χ0v) is 9.23. The quantitative estimate of drug-likeness (QED) is 0.530. The van der Waals surface area contributed by atoms with Crippen molar-refractivity contribution >= 4 is 5.78 Å². The highest BCUT2D eigenvalue weighted by atomic mass is 16.3. The van der Waals surface area contributed by atoms with Crippen LogP contribution in [0.4, 0.5) is 0 Å². The monoisotopic (exact) mass is 224 g/mol. The van der Waals surface area contributed by atoms with Gasteiger partial charge in [-0.1, -0.05) is 19.8 Å². The van der Waals surface area contributed by atoms with Crippen LogP contribution in [0.15, 0.2) is 12.1 Å². The van der Waals surface area contributed by atoms with Crippen LogP contribution in [0.3, 0.4) is 0 Å². The van der Waals surface area contributed by atoms with Crippen molar-refractivity contribution in [2.24, 2.45) is 0 Å². The van der Waals surface area contributed by atoms with Crippen molar-refractivity contribution < 1.29 is 20.1 Å². The van der Waals surface area contributed by atoms with Crippen LogP contribution in [0.2, 0.25) is 0 Å². The van der Waals surface area contributed by atoms with Gasteiger partial charge in [-0.25, -0.2) is 0 Å². The second-order valence-electron chi connectivity index (χ2n) is 3.74. The molecule has 0 fully saturated rings. The van der Waals surface area contributed by atoms with Gasteiger partial charge in [0.15, 0.2) is 5.78 Å². The van der Waals surface area contributed by atoms with Crippen molar-refractivity contribution in [3.8, 4) is 17.2 Å². The van der Waals surface area contributed by atoms with Gasteiger partial charge in [-0.15, -0.1) is 0 Å². The molecule has 0 aliphatic carbocycles. The lowest BCUT2D eigenvalue weighted by Gasteiger charge is -2.06. The Hall–Kier alpha value is -1.71. The van der Waals surface area contributed by atoms with Gasteiger partial charge in [-0.2, -0.15) is 0 Å². The van der Waals surface area contributed by atoms with Gasteiger partial charge in [0.25, 0.3) is 0 Å². The first-order valence-electron chi connectivity index (χ1n) is 5.34. The summed E-state index contributed by atoms with van der Waals surface area (Å²) in [6, 6.07) is 2.10. The van der Waals surface area contributed by atoms with E-state index in [4.69, 9.17) is 5.11 Å². The van der Waals surface area contributed by atoms with E-state index in [-0.39, 0.29) is 28.6 Å². The number of phenols is 3. The lowest BCUT2D eigenvalue weighted by molar-refractivity contribution is 0.0974. The predicted octanol–water partition coefficient (Wildman–Crippen LogP) is 2.57. The molecule has 0 aliphatic rings. The van der Waals surface area contributed by atoms with Crippen LogP contribution in [-0.2, 0) is 0 Å². The Balaban J connectivity index is 2.83. The fourth-order valence-electron chi connectivity index (χ4n) is 1.54. The van der Waals surface area contributed by atoms with Gasteiger partial charge in [-0.3, -0.25) is 4.79 Å². The summed E-state index contributed by atoms with van der Waals surface area (Å²) in [5.41, 5.74) is -0.103. The summed E-state index contributed by atoms with van der Waals surface area (Å²) in [6.07, 6.45) is 2.96. The summed E-state index contributed by atoms with van der Waals surface area (Å²) in [4.78, 5) is 11.7. The molecule has 0 radical (unpaired) electrons. The minimum absolute atomic E-state index is 0.103. The summed E-state index contributed by atoms with van der Waals surface area (Å²) in [5.74, 6) is -1.32. The molecule has 0 atom stereocenters. The summed E-state index contributed by atoms with van der Waals surface area (Å²) in [6.45, 7) is 2.03. The van der Waals surface area contributed by atoms with E-state index >= 15 is 0 Å². The van der Waals surface area contributed by atoms with Gasteiger partial charge in [0, 0.05) is 18.6 Å². The molecule has 0 heterocycles. The number of aromatic hydroxyl groups is 3. The average molecular weight is 224 g/mol. The fourth-order valence-corrected chi connectivity index (χ4v) is 1.54. The van der Waals surface area contributed by atoms with Crippen molar-refractivity contribution in [1.29, 1.82) is 0 Å². The Morgan fingerprint density at radius 3 is 2.19 bits per heavy atom. The molecule has 4 nitrogen and oxygen atoms in total. The number of ketones is 1. The maximum Gasteiger partial charge on any atom is 0.170 e. The molecule has 0 bridgehead atoms. The van der Waals surface area contributed by atoms with Crippen LogP contribution in [0.1, 0.15) is 43.0 Å². The number of benzene rings is 1. The molecular formula is C12H16O4. The molecule has 3 N–H and O–H groups in total. The predicted molar refractivity (Wildman–Crippen MR) is 59.9 cm³/mol. The number of hydrogen-bond donors (Lipinski definition) is 3. The average Bonchev–Trinajstić information content (AvgIpc) is 2.16. The van der Waals surface area contributed by atoms with E-state index in [2.05, 4.69) is 0 Å². The third kappa shape index (κ3) is 2.89. The Kier molecular flexibility index (Phi) is 4.17. The molecule has 0 aliphatic heterocycles. The highest BCUT2D eigenvalue weighted by Crippen LogP contribution is 2.33. The van der Waals surface area contributed by atoms with Crippen LogP contribution >= 0.6 is 0 Å². The van der Waals surface area contributed by atoms with Gasteiger partial charge in [0.05, 0.1) is 0 Å². The van der Waals surface area contributed by atoms with E-state index in [9.17, 15) is 15.0 Å². The van der Waals surface area contributed by atoms with E-state index < -0.39 is 0 Å². The molecule has 0 unspecified atom stereocenters. The third-order valence-corrected chi connectivity index (χ3v) is 2.37. The maximum absolute atomic E-state index is 11.7. The number of hydrogen-bond acceptors (Lipinski definition) is 4. The van der Waals surface area contributed by atoms with Gasteiger partial charge in [0.1, 0.15) is 22.8 Å². The number of rotatable bonds is 5. The van der Waals surface area contributed by atoms with E-state index in [1.807, 2.05) is 6.92 Å². The molecule has 88 valence electrons. The number of Topliss-reactive ketones (excluding diaryl/α,β-unsaturated/α-hetero) is 1. The number of carbonyl (C=O) groups is 1. The topological polar surface area (TPSA) is 77.8 Å². The van der Waals surface area contributed by atoms with Gasteiger partial charge >= 0.3 is 0 Å². The zero-order chi connectivity index (χ0) is 12.1. The Labute approximate surface area is 94.2 Å². The van der Waals surface area contributed by atoms with Crippen molar-refractivity contribution in [3.05, 3.63) is 17.7 Å². The molecule has 1 aromatic rings. The molecule has 0 saturated heterocycles. The number of carbonyl (C=O) groups excluding carboxylic acids is 1. The lowest BCUT2D eigenvalue weighted by atomic mass is 10.0. The SMILES string of the molecule is CCCCCC(=O)c1c(O)cc(O)cc1O. The minimum Gasteiger partial charge on any atom is -0.508 e. The first-order valence-corrected chi connectivity index (χ1v) is 5.34.